The molecule has 2 rings (SSSR count). The monoisotopic (exact) mass is 291 g/mol. The molecule has 4 nitrogen and oxygen atoms in total. The summed E-state index contributed by atoms with van der Waals surface area (Å²) in [5.41, 5.74) is 7.50. The van der Waals surface area contributed by atoms with Gasteiger partial charge in [-0.25, -0.2) is 0 Å². The summed E-state index contributed by atoms with van der Waals surface area (Å²) in [4.78, 5) is 4.80. The second-order valence-electron chi connectivity index (χ2n) is 6.08. The first-order valence-corrected chi connectivity index (χ1v) is 7.98. The Morgan fingerprint density at radius 2 is 2.19 bits per heavy atom. The van der Waals surface area contributed by atoms with E-state index in [1.807, 2.05) is 25.1 Å². The molecule has 118 valence electrons. The molecule has 0 radical (unpaired) electrons. The minimum Gasteiger partial charge on any atom is -0.494 e. The van der Waals surface area contributed by atoms with Gasteiger partial charge in [-0.1, -0.05) is 18.2 Å². The van der Waals surface area contributed by atoms with Gasteiger partial charge in [0.15, 0.2) is 0 Å². The largest absolute Gasteiger partial charge is 0.494 e. The highest BCUT2D eigenvalue weighted by Gasteiger charge is 2.23. The highest BCUT2D eigenvalue weighted by atomic mass is 16.5. The van der Waals surface area contributed by atoms with E-state index in [-0.39, 0.29) is 6.04 Å². The van der Waals surface area contributed by atoms with Crippen molar-refractivity contribution in [2.45, 2.75) is 31.8 Å². The van der Waals surface area contributed by atoms with Crippen LogP contribution in [-0.2, 0) is 0 Å². The maximum absolute atomic E-state index is 6.40. The highest BCUT2D eigenvalue weighted by molar-refractivity contribution is 5.35. The zero-order valence-electron chi connectivity index (χ0n) is 13.6. The smallest absolute Gasteiger partial charge is 0.124 e. The lowest BCUT2D eigenvalue weighted by Gasteiger charge is -2.28. The summed E-state index contributed by atoms with van der Waals surface area (Å²) in [6.07, 6.45) is 2.61. The van der Waals surface area contributed by atoms with Gasteiger partial charge in [-0.3, -0.25) is 0 Å². The number of likely N-dealkylation sites (N-methyl/N-ethyl adjacent to an activating group) is 2. The van der Waals surface area contributed by atoms with Gasteiger partial charge in [0.2, 0.25) is 0 Å². The van der Waals surface area contributed by atoms with Crippen molar-refractivity contribution in [3.63, 3.8) is 0 Å². The van der Waals surface area contributed by atoms with Crippen LogP contribution in [0.15, 0.2) is 24.3 Å². The van der Waals surface area contributed by atoms with Crippen molar-refractivity contribution in [3.8, 4) is 5.75 Å². The number of para-hydroxylation sites is 1. The Kier molecular flexibility index (Phi) is 6.03. The SMILES string of the molecule is CCOc1ccccc1C(N)CN(C)CC1CCCN1C. The molecule has 1 saturated heterocycles. The van der Waals surface area contributed by atoms with Gasteiger partial charge in [-0.2, -0.15) is 0 Å². The molecule has 2 atom stereocenters. The summed E-state index contributed by atoms with van der Waals surface area (Å²) in [5.74, 6) is 0.916. The molecule has 0 bridgehead atoms. The number of hydrogen-bond acceptors (Lipinski definition) is 4. The van der Waals surface area contributed by atoms with E-state index in [0.717, 1.165) is 24.4 Å². The second kappa shape index (κ2) is 7.78. The molecular weight excluding hydrogens is 262 g/mol. The number of ether oxygens (including phenoxy) is 1. The average molecular weight is 291 g/mol. The highest BCUT2D eigenvalue weighted by Crippen LogP contribution is 2.24. The molecule has 1 aliphatic heterocycles. The van der Waals surface area contributed by atoms with Gasteiger partial charge in [-0.15, -0.1) is 0 Å². The molecule has 0 aliphatic carbocycles. The summed E-state index contributed by atoms with van der Waals surface area (Å²) in [6.45, 7) is 5.84. The maximum atomic E-state index is 6.40. The van der Waals surface area contributed by atoms with Crippen LogP contribution in [0.3, 0.4) is 0 Å². The molecular formula is C17H29N3O. The van der Waals surface area contributed by atoms with Crippen LogP contribution in [0.2, 0.25) is 0 Å². The summed E-state index contributed by atoms with van der Waals surface area (Å²) in [6, 6.07) is 8.77. The molecule has 1 aromatic rings. The predicted octanol–water partition coefficient (Wildman–Crippen LogP) is 2.11. The van der Waals surface area contributed by atoms with Gasteiger partial charge in [0, 0.05) is 30.7 Å². The molecule has 0 aromatic heterocycles. The third kappa shape index (κ3) is 4.43. The number of likely N-dealkylation sites (tertiary alicyclic amines) is 1. The van der Waals surface area contributed by atoms with Crippen LogP contribution in [0.5, 0.6) is 5.75 Å². The molecule has 0 spiro atoms. The number of rotatable bonds is 7. The number of benzene rings is 1. The standard InChI is InChI=1S/C17H29N3O/c1-4-21-17-10-6-5-9-15(17)16(18)13-19(2)12-14-8-7-11-20(14)3/h5-6,9-10,14,16H,4,7-8,11-13,18H2,1-3H3. The Labute approximate surface area is 128 Å². The lowest BCUT2D eigenvalue weighted by molar-refractivity contribution is 0.212. The van der Waals surface area contributed by atoms with Gasteiger partial charge in [0.1, 0.15) is 5.75 Å². The van der Waals surface area contributed by atoms with Gasteiger partial charge >= 0.3 is 0 Å². The van der Waals surface area contributed by atoms with E-state index in [1.54, 1.807) is 0 Å². The van der Waals surface area contributed by atoms with Crippen LogP contribution in [0.4, 0.5) is 0 Å². The van der Waals surface area contributed by atoms with Gasteiger partial charge in [0.25, 0.3) is 0 Å². The van der Waals surface area contributed by atoms with E-state index in [1.165, 1.54) is 19.4 Å². The molecule has 0 saturated carbocycles. The quantitative estimate of drug-likeness (QED) is 0.835. The molecule has 1 aliphatic rings. The van der Waals surface area contributed by atoms with E-state index in [4.69, 9.17) is 10.5 Å². The molecule has 2 N–H and O–H groups in total. The van der Waals surface area contributed by atoms with Gasteiger partial charge in [0.05, 0.1) is 6.61 Å². The second-order valence-corrected chi connectivity index (χ2v) is 6.08. The zero-order chi connectivity index (χ0) is 15.2. The fourth-order valence-corrected chi connectivity index (χ4v) is 3.15. The summed E-state index contributed by atoms with van der Waals surface area (Å²) in [7, 11) is 4.38. The minimum atomic E-state index is -0.00976. The lowest BCUT2D eigenvalue weighted by Crippen LogP contribution is -2.39. The van der Waals surface area contributed by atoms with E-state index in [2.05, 4.69) is 30.0 Å². The van der Waals surface area contributed by atoms with E-state index in [0.29, 0.717) is 12.6 Å². The molecule has 2 unspecified atom stereocenters. The fraction of sp³-hybridized carbons (Fsp3) is 0.647. The Morgan fingerprint density at radius 3 is 2.86 bits per heavy atom. The molecule has 1 heterocycles. The van der Waals surface area contributed by atoms with Crippen molar-refractivity contribution in [1.82, 2.24) is 9.80 Å². The number of hydrogen-bond donors (Lipinski definition) is 1. The predicted molar refractivity (Wildman–Crippen MR) is 87.7 cm³/mol. The number of nitrogens with zero attached hydrogens (tertiary/aromatic N) is 2. The van der Waals surface area contributed by atoms with Crippen LogP contribution < -0.4 is 10.5 Å². The third-order valence-corrected chi connectivity index (χ3v) is 4.32. The average Bonchev–Trinajstić information content (AvgIpc) is 2.85. The van der Waals surface area contributed by atoms with Crippen LogP contribution in [0, 0.1) is 0 Å². The first-order valence-electron chi connectivity index (χ1n) is 7.98. The first-order chi connectivity index (χ1) is 10.1. The Hall–Kier alpha value is -1.10. The van der Waals surface area contributed by atoms with Crippen molar-refractivity contribution in [2.24, 2.45) is 5.73 Å². The van der Waals surface area contributed by atoms with E-state index < -0.39 is 0 Å². The maximum Gasteiger partial charge on any atom is 0.124 e. The van der Waals surface area contributed by atoms with Crippen LogP contribution in [0.25, 0.3) is 0 Å². The molecule has 1 fully saturated rings. The molecule has 4 heteroatoms. The van der Waals surface area contributed by atoms with Crippen molar-refractivity contribution >= 4 is 0 Å². The van der Waals surface area contributed by atoms with Crippen LogP contribution >= 0.6 is 0 Å². The Balaban J connectivity index is 1.92. The van der Waals surface area contributed by atoms with Crippen molar-refractivity contribution in [1.29, 1.82) is 0 Å². The molecule has 1 aromatic carbocycles. The summed E-state index contributed by atoms with van der Waals surface area (Å²) < 4.78 is 5.68. The normalized spacial score (nSPS) is 20.9. The lowest BCUT2D eigenvalue weighted by atomic mass is 10.1. The first kappa shape index (κ1) is 16.3. The van der Waals surface area contributed by atoms with Crippen LogP contribution in [0.1, 0.15) is 31.4 Å². The van der Waals surface area contributed by atoms with E-state index >= 15 is 0 Å². The summed E-state index contributed by atoms with van der Waals surface area (Å²) in [5, 5.41) is 0. The van der Waals surface area contributed by atoms with Gasteiger partial charge in [-0.05, 0) is 46.5 Å². The Morgan fingerprint density at radius 1 is 1.43 bits per heavy atom. The fourth-order valence-electron chi connectivity index (χ4n) is 3.15. The molecule has 21 heavy (non-hydrogen) atoms. The van der Waals surface area contributed by atoms with Crippen molar-refractivity contribution in [3.05, 3.63) is 29.8 Å². The van der Waals surface area contributed by atoms with Crippen molar-refractivity contribution in [2.75, 3.05) is 40.3 Å². The summed E-state index contributed by atoms with van der Waals surface area (Å²) >= 11 is 0. The zero-order valence-corrected chi connectivity index (χ0v) is 13.6. The minimum absolute atomic E-state index is 0.00976. The topological polar surface area (TPSA) is 41.7 Å². The molecule has 0 amide bonds. The Bertz CT molecular complexity index is 438. The van der Waals surface area contributed by atoms with Crippen LogP contribution in [-0.4, -0.2) is 56.2 Å². The van der Waals surface area contributed by atoms with Gasteiger partial charge < -0.3 is 20.3 Å². The van der Waals surface area contributed by atoms with Crippen molar-refractivity contribution < 1.29 is 4.74 Å². The third-order valence-electron chi connectivity index (χ3n) is 4.32. The van der Waals surface area contributed by atoms with E-state index in [9.17, 15) is 0 Å². The number of nitrogens with two attached hydrogens (primary N) is 1.